The summed E-state index contributed by atoms with van der Waals surface area (Å²) in [7, 11) is 6.04. The molecule has 1 saturated carbocycles. The van der Waals surface area contributed by atoms with Crippen LogP contribution < -0.4 is 5.32 Å². The van der Waals surface area contributed by atoms with Crippen LogP contribution in [-0.2, 0) is 4.79 Å². The van der Waals surface area contributed by atoms with E-state index < -0.39 is 11.5 Å². The van der Waals surface area contributed by atoms with Crippen LogP contribution in [0.2, 0.25) is 0 Å². The van der Waals surface area contributed by atoms with Crippen LogP contribution in [0.15, 0.2) is 0 Å². The van der Waals surface area contributed by atoms with Crippen LogP contribution in [0, 0.1) is 11.8 Å². The predicted octanol–water partition coefficient (Wildman–Crippen LogP) is 0.713. The zero-order chi connectivity index (χ0) is 14.8. The van der Waals surface area contributed by atoms with E-state index >= 15 is 0 Å². The van der Waals surface area contributed by atoms with Gasteiger partial charge in [0.05, 0.1) is 0 Å². The first-order chi connectivity index (χ1) is 9.48. The van der Waals surface area contributed by atoms with Crippen molar-refractivity contribution in [2.24, 2.45) is 11.8 Å². The first-order valence-corrected chi connectivity index (χ1v) is 7.77. The van der Waals surface area contributed by atoms with Crippen molar-refractivity contribution in [3.8, 4) is 0 Å². The normalized spacial score (nSPS) is 24.8. The third-order valence-electron chi connectivity index (χ3n) is 4.91. The number of carboxylic acids is 1. The Labute approximate surface area is 122 Å². The lowest BCUT2D eigenvalue weighted by Gasteiger charge is -2.39. The minimum Gasteiger partial charge on any atom is -0.480 e. The molecule has 0 spiro atoms. The van der Waals surface area contributed by atoms with Crippen LogP contribution in [-0.4, -0.2) is 73.7 Å². The summed E-state index contributed by atoms with van der Waals surface area (Å²) in [5, 5.41) is 12.8. The van der Waals surface area contributed by atoms with Crippen molar-refractivity contribution in [2.45, 2.75) is 31.2 Å². The van der Waals surface area contributed by atoms with Crippen LogP contribution in [0.4, 0.5) is 0 Å². The molecule has 0 bridgehead atoms. The molecule has 5 heteroatoms. The van der Waals surface area contributed by atoms with E-state index in [0.29, 0.717) is 12.5 Å². The van der Waals surface area contributed by atoms with E-state index in [0.717, 1.165) is 38.4 Å². The third-order valence-corrected chi connectivity index (χ3v) is 4.91. The molecule has 0 radical (unpaired) electrons. The highest BCUT2D eigenvalue weighted by atomic mass is 16.4. The number of likely N-dealkylation sites (N-methyl/N-ethyl adjacent to an activating group) is 1. The number of piperidine rings is 1. The molecular weight excluding hydrogens is 254 g/mol. The molecule has 1 heterocycles. The molecular formula is C15H29N3O2. The highest BCUT2D eigenvalue weighted by molar-refractivity contribution is 5.80. The summed E-state index contributed by atoms with van der Waals surface area (Å²) in [6.45, 7) is 3.86. The molecule has 0 aromatic heterocycles. The van der Waals surface area contributed by atoms with Gasteiger partial charge in [0.15, 0.2) is 0 Å². The van der Waals surface area contributed by atoms with Gasteiger partial charge in [0, 0.05) is 13.1 Å². The van der Waals surface area contributed by atoms with Crippen LogP contribution in [0.1, 0.15) is 25.7 Å². The van der Waals surface area contributed by atoms with Gasteiger partial charge in [0.25, 0.3) is 0 Å². The van der Waals surface area contributed by atoms with Gasteiger partial charge in [-0.1, -0.05) is 0 Å². The maximum absolute atomic E-state index is 11.7. The summed E-state index contributed by atoms with van der Waals surface area (Å²) in [4.78, 5) is 16.3. The van der Waals surface area contributed by atoms with Crippen molar-refractivity contribution < 1.29 is 9.90 Å². The van der Waals surface area contributed by atoms with Crippen molar-refractivity contribution >= 4 is 5.97 Å². The lowest BCUT2D eigenvalue weighted by atomic mass is 9.90. The fraction of sp³-hybridized carbons (Fsp3) is 0.933. The topological polar surface area (TPSA) is 55.8 Å². The van der Waals surface area contributed by atoms with Crippen molar-refractivity contribution in [1.29, 1.82) is 0 Å². The lowest BCUT2D eigenvalue weighted by Crippen LogP contribution is -2.60. The molecule has 1 aliphatic heterocycles. The van der Waals surface area contributed by atoms with Crippen LogP contribution in [0.25, 0.3) is 0 Å². The highest BCUT2D eigenvalue weighted by Crippen LogP contribution is 2.40. The van der Waals surface area contributed by atoms with Crippen LogP contribution in [0.5, 0.6) is 0 Å². The number of likely N-dealkylation sites (tertiary alicyclic amines) is 1. The Morgan fingerprint density at radius 2 is 1.90 bits per heavy atom. The largest absolute Gasteiger partial charge is 0.480 e. The minimum absolute atomic E-state index is 0.310. The molecule has 1 aliphatic carbocycles. The molecule has 2 rings (SSSR count). The van der Waals surface area contributed by atoms with Gasteiger partial charge in [0.1, 0.15) is 5.54 Å². The zero-order valence-electron chi connectivity index (χ0n) is 13.1. The Morgan fingerprint density at radius 1 is 1.30 bits per heavy atom. The van der Waals surface area contributed by atoms with E-state index in [2.05, 4.69) is 29.2 Å². The summed E-state index contributed by atoms with van der Waals surface area (Å²) >= 11 is 0. The third kappa shape index (κ3) is 3.51. The Balaban J connectivity index is 1.88. The molecule has 1 unspecified atom stereocenters. The number of carboxylic acid groups (broad SMARTS) is 1. The Kier molecular flexibility index (Phi) is 5.04. The molecule has 1 saturated heterocycles. The van der Waals surface area contributed by atoms with Gasteiger partial charge in [-0.2, -0.15) is 0 Å². The summed E-state index contributed by atoms with van der Waals surface area (Å²) in [6.07, 6.45) is 4.46. The summed E-state index contributed by atoms with van der Waals surface area (Å²) < 4.78 is 0. The number of rotatable bonds is 7. The molecule has 5 nitrogen and oxygen atoms in total. The van der Waals surface area contributed by atoms with E-state index in [1.807, 2.05) is 0 Å². The quantitative estimate of drug-likeness (QED) is 0.721. The van der Waals surface area contributed by atoms with Gasteiger partial charge in [-0.15, -0.1) is 0 Å². The molecule has 2 aliphatic rings. The van der Waals surface area contributed by atoms with Crippen molar-refractivity contribution in [3.05, 3.63) is 0 Å². The van der Waals surface area contributed by atoms with Crippen molar-refractivity contribution in [3.63, 3.8) is 0 Å². The highest BCUT2D eigenvalue weighted by Gasteiger charge is 2.51. The monoisotopic (exact) mass is 283 g/mol. The van der Waals surface area contributed by atoms with E-state index in [-0.39, 0.29) is 0 Å². The first-order valence-electron chi connectivity index (χ1n) is 7.77. The molecule has 0 aromatic carbocycles. The smallest absolute Gasteiger partial charge is 0.325 e. The van der Waals surface area contributed by atoms with Crippen LogP contribution in [0.3, 0.4) is 0 Å². The standard InChI is InChI=1S/C15H29N3O2/c1-16-15(14(19)20,13-4-5-13)11-18-8-6-12(7-9-18)10-17(2)3/h12-13,16H,4-11H2,1-3H3,(H,19,20). The average molecular weight is 283 g/mol. The Bertz CT molecular complexity index is 336. The summed E-state index contributed by atoms with van der Waals surface area (Å²) in [5.74, 6) is 0.387. The second kappa shape index (κ2) is 6.41. The average Bonchev–Trinajstić information content (AvgIpc) is 3.21. The van der Waals surface area contributed by atoms with Gasteiger partial charge in [-0.05, 0) is 71.8 Å². The Hall–Kier alpha value is -0.650. The van der Waals surface area contributed by atoms with Gasteiger partial charge >= 0.3 is 5.97 Å². The number of hydrogen-bond donors (Lipinski definition) is 2. The van der Waals surface area contributed by atoms with Gasteiger partial charge in [-0.25, -0.2) is 0 Å². The number of aliphatic carboxylic acids is 1. The van der Waals surface area contributed by atoms with E-state index in [9.17, 15) is 9.90 Å². The first kappa shape index (κ1) is 15.7. The van der Waals surface area contributed by atoms with Crippen molar-refractivity contribution in [1.82, 2.24) is 15.1 Å². The maximum Gasteiger partial charge on any atom is 0.325 e. The molecule has 0 aromatic rings. The minimum atomic E-state index is -0.728. The molecule has 2 fully saturated rings. The van der Waals surface area contributed by atoms with Gasteiger partial charge < -0.3 is 20.2 Å². The van der Waals surface area contributed by atoms with E-state index in [1.54, 1.807) is 7.05 Å². The summed E-state index contributed by atoms with van der Waals surface area (Å²) in [6, 6.07) is 0. The zero-order valence-corrected chi connectivity index (χ0v) is 13.1. The number of nitrogens with zero attached hydrogens (tertiary/aromatic N) is 2. The predicted molar refractivity (Wildman–Crippen MR) is 79.9 cm³/mol. The van der Waals surface area contributed by atoms with Gasteiger partial charge in [0.2, 0.25) is 0 Å². The summed E-state index contributed by atoms with van der Waals surface area (Å²) in [5.41, 5.74) is -0.728. The fourth-order valence-electron chi connectivity index (χ4n) is 3.53. The van der Waals surface area contributed by atoms with Crippen molar-refractivity contribution in [2.75, 3.05) is 47.3 Å². The Morgan fingerprint density at radius 3 is 2.30 bits per heavy atom. The van der Waals surface area contributed by atoms with E-state index in [1.165, 1.54) is 12.8 Å². The van der Waals surface area contributed by atoms with Gasteiger partial charge in [-0.3, -0.25) is 4.79 Å². The molecule has 20 heavy (non-hydrogen) atoms. The number of hydrogen-bond acceptors (Lipinski definition) is 4. The molecule has 0 amide bonds. The fourth-order valence-corrected chi connectivity index (χ4v) is 3.53. The second-order valence-corrected chi connectivity index (χ2v) is 6.78. The van der Waals surface area contributed by atoms with E-state index in [4.69, 9.17) is 0 Å². The lowest BCUT2D eigenvalue weighted by molar-refractivity contribution is -0.147. The number of carbonyl (C=O) groups is 1. The van der Waals surface area contributed by atoms with Crippen LogP contribution >= 0.6 is 0 Å². The molecule has 116 valence electrons. The second-order valence-electron chi connectivity index (χ2n) is 6.78. The maximum atomic E-state index is 11.7. The molecule has 1 atom stereocenters. The number of nitrogens with one attached hydrogen (secondary N) is 1. The molecule has 2 N–H and O–H groups in total. The SMILES string of the molecule is CNC(CN1CCC(CN(C)C)CC1)(C(=O)O)C1CC1.